The van der Waals surface area contributed by atoms with Crippen LogP contribution in [-0.2, 0) is 9.53 Å². The smallest absolute Gasteiger partial charge is 0.341 e. The number of halogens is 1. The lowest BCUT2D eigenvalue weighted by atomic mass is 10.0. The lowest BCUT2D eigenvalue weighted by Gasteiger charge is -2.08. The predicted octanol–water partition coefficient (Wildman–Crippen LogP) is 5.52. The number of amides is 1. The van der Waals surface area contributed by atoms with Crippen molar-refractivity contribution in [3.63, 3.8) is 0 Å². The number of anilines is 1. The van der Waals surface area contributed by atoms with Crippen molar-refractivity contribution < 1.29 is 23.8 Å². The van der Waals surface area contributed by atoms with Gasteiger partial charge in [-0.25, -0.2) is 4.79 Å². The van der Waals surface area contributed by atoms with Gasteiger partial charge in [0.25, 0.3) is 0 Å². The van der Waals surface area contributed by atoms with Gasteiger partial charge in [-0.3, -0.25) is 4.79 Å². The average molecular weight is 458 g/mol. The standard InChI is InChI=1S/C23H20ClNO5S/c1-28-18-10-4-14(12-19(18)29-2)5-11-20(26)25-22-21(23(27)30-3)17(13-31-22)15-6-8-16(24)9-7-15/h4-13H,1-3H3,(H,25,26)/b11-5+. The van der Waals surface area contributed by atoms with Gasteiger partial charge >= 0.3 is 5.97 Å². The maximum Gasteiger partial charge on any atom is 0.341 e. The molecule has 0 saturated carbocycles. The Kier molecular flexibility index (Phi) is 7.33. The van der Waals surface area contributed by atoms with Crippen molar-refractivity contribution in [3.05, 3.63) is 70.1 Å². The van der Waals surface area contributed by atoms with Crippen LogP contribution < -0.4 is 14.8 Å². The number of methoxy groups -OCH3 is 3. The van der Waals surface area contributed by atoms with Gasteiger partial charge in [-0.2, -0.15) is 0 Å². The van der Waals surface area contributed by atoms with E-state index in [1.807, 2.05) is 0 Å². The summed E-state index contributed by atoms with van der Waals surface area (Å²) in [5.74, 6) is 0.235. The van der Waals surface area contributed by atoms with E-state index in [1.165, 1.54) is 24.5 Å². The minimum Gasteiger partial charge on any atom is -0.493 e. The summed E-state index contributed by atoms with van der Waals surface area (Å²) >= 11 is 7.20. The molecule has 0 fully saturated rings. The molecule has 1 amide bonds. The lowest BCUT2D eigenvalue weighted by molar-refractivity contribution is -0.111. The molecule has 0 saturated heterocycles. The molecule has 1 N–H and O–H groups in total. The number of hydrogen-bond acceptors (Lipinski definition) is 6. The number of hydrogen-bond donors (Lipinski definition) is 1. The zero-order chi connectivity index (χ0) is 22.4. The molecule has 0 radical (unpaired) electrons. The third-order valence-electron chi connectivity index (χ3n) is 4.41. The number of carbonyl (C=O) groups excluding carboxylic acids is 2. The van der Waals surface area contributed by atoms with Crippen molar-refractivity contribution >= 4 is 45.9 Å². The van der Waals surface area contributed by atoms with Gasteiger partial charge in [-0.05, 0) is 41.5 Å². The fraction of sp³-hybridized carbons (Fsp3) is 0.130. The number of ether oxygens (including phenoxy) is 3. The first kappa shape index (κ1) is 22.4. The minimum absolute atomic E-state index is 0.294. The van der Waals surface area contributed by atoms with Crippen molar-refractivity contribution in [2.75, 3.05) is 26.6 Å². The number of thiophene rings is 1. The fourth-order valence-corrected chi connectivity index (χ4v) is 3.96. The molecule has 6 nitrogen and oxygen atoms in total. The Balaban J connectivity index is 1.83. The molecule has 2 aromatic carbocycles. The van der Waals surface area contributed by atoms with Crippen molar-refractivity contribution in [3.8, 4) is 22.6 Å². The Labute approximate surface area is 189 Å². The van der Waals surface area contributed by atoms with E-state index in [0.29, 0.717) is 32.6 Å². The normalized spacial score (nSPS) is 10.7. The van der Waals surface area contributed by atoms with E-state index in [4.69, 9.17) is 25.8 Å². The van der Waals surface area contributed by atoms with Crippen LogP contribution in [0.25, 0.3) is 17.2 Å². The molecule has 0 atom stereocenters. The monoisotopic (exact) mass is 457 g/mol. The average Bonchev–Trinajstić information content (AvgIpc) is 3.20. The third-order valence-corrected chi connectivity index (χ3v) is 5.55. The summed E-state index contributed by atoms with van der Waals surface area (Å²) in [6, 6.07) is 12.4. The Bertz CT molecular complexity index is 1120. The third kappa shape index (κ3) is 5.25. The van der Waals surface area contributed by atoms with Gasteiger partial charge in [-0.15, -0.1) is 11.3 Å². The largest absolute Gasteiger partial charge is 0.493 e. The first-order chi connectivity index (χ1) is 15.0. The minimum atomic E-state index is -0.537. The molecule has 0 unspecified atom stereocenters. The predicted molar refractivity (Wildman–Crippen MR) is 123 cm³/mol. The molecule has 0 bridgehead atoms. The van der Waals surface area contributed by atoms with Crippen LogP contribution in [-0.4, -0.2) is 33.2 Å². The van der Waals surface area contributed by atoms with Crippen LogP contribution in [0.15, 0.2) is 53.9 Å². The van der Waals surface area contributed by atoms with Gasteiger partial charge in [0.15, 0.2) is 11.5 Å². The lowest BCUT2D eigenvalue weighted by Crippen LogP contribution is -2.11. The quantitative estimate of drug-likeness (QED) is 0.373. The first-order valence-corrected chi connectivity index (χ1v) is 10.4. The van der Waals surface area contributed by atoms with Crippen LogP contribution in [0.3, 0.4) is 0 Å². The van der Waals surface area contributed by atoms with Crippen LogP contribution >= 0.6 is 22.9 Å². The number of benzene rings is 2. The molecule has 3 aromatic rings. The molecule has 31 heavy (non-hydrogen) atoms. The Morgan fingerprint density at radius 3 is 2.35 bits per heavy atom. The second-order valence-electron chi connectivity index (χ2n) is 6.29. The fourth-order valence-electron chi connectivity index (χ4n) is 2.88. The Morgan fingerprint density at radius 2 is 1.71 bits per heavy atom. The van der Waals surface area contributed by atoms with Gasteiger partial charge in [-0.1, -0.05) is 29.8 Å². The van der Waals surface area contributed by atoms with E-state index in [2.05, 4.69) is 5.32 Å². The van der Waals surface area contributed by atoms with Crippen LogP contribution in [0.2, 0.25) is 5.02 Å². The van der Waals surface area contributed by atoms with Crippen molar-refractivity contribution in [2.24, 2.45) is 0 Å². The van der Waals surface area contributed by atoms with E-state index in [-0.39, 0.29) is 5.91 Å². The highest BCUT2D eigenvalue weighted by Crippen LogP contribution is 2.36. The van der Waals surface area contributed by atoms with Crippen LogP contribution in [0, 0.1) is 0 Å². The number of carbonyl (C=O) groups is 2. The highest BCUT2D eigenvalue weighted by molar-refractivity contribution is 7.15. The number of rotatable bonds is 7. The summed E-state index contributed by atoms with van der Waals surface area (Å²) in [6.45, 7) is 0. The second kappa shape index (κ2) is 10.1. The molecular formula is C23H20ClNO5S. The molecule has 0 aliphatic heterocycles. The van der Waals surface area contributed by atoms with Crippen LogP contribution in [0.5, 0.6) is 11.5 Å². The van der Waals surface area contributed by atoms with E-state index in [0.717, 1.165) is 11.1 Å². The summed E-state index contributed by atoms with van der Waals surface area (Å²) in [6.07, 6.45) is 3.02. The Hall–Kier alpha value is -3.29. The van der Waals surface area contributed by atoms with E-state index < -0.39 is 5.97 Å². The number of esters is 1. The Morgan fingerprint density at radius 1 is 1.00 bits per heavy atom. The molecule has 1 heterocycles. The summed E-state index contributed by atoms with van der Waals surface area (Å²) < 4.78 is 15.4. The highest BCUT2D eigenvalue weighted by atomic mass is 35.5. The summed E-state index contributed by atoms with van der Waals surface area (Å²) in [5, 5.41) is 5.55. The molecule has 160 valence electrons. The van der Waals surface area contributed by atoms with Crippen molar-refractivity contribution in [2.45, 2.75) is 0 Å². The molecule has 0 aliphatic rings. The molecular weight excluding hydrogens is 438 g/mol. The second-order valence-corrected chi connectivity index (χ2v) is 7.61. The van der Waals surface area contributed by atoms with E-state index in [9.17, 15) is 9.59 Å². The maximum absolute atomic E-state index is 12.5. The van der Waals surface area contributed by atoms with Gasteiger partial charge in [0.2, 0.25) is 5.91 Å². The number of nitrogens with one attached hydrogen (secondary N) is 1. The summed E-state index contributed by atoms with van der Waals surface area (Å²) in [7, 11) is 4.40. The highest BCUT2D eigenvalue weighted by Gasteiger charge is 2.22. The van der Waals surface area contributed by atoms with Crippen LogP contribution in [0.4, 0.5) is 5.00 Å². The zero-order valence-electron chi connectivity index (χ0n) is 17.1. The van der Waals surface area contributed by atoms with Gasteiger partial charge in [0, 0.05) is 22.0 Å². The van der Waals surface area contributed by atoms with Gasteiger partial charge in [0.05, 0.1) is 21.3 Å². The van der Waals surface area contributed by atoms with Gasteiger partial charge < -0.3 is 19.5 Å². The molecule has 1 aromatic heterocycles. The molecule has 0 spiro atoms. The zero-order valence-corrected chi connectivity index (χ0v) is 18.7. The summed E-state index contributed by atoms with van der Waals surface area (Å²) in [5.41, 5.74) is 2.51. The first-order valence-electron chi connectivity index (χ1n) is 9.13. The van der Waals surface area contributed by atoms with E-state index >= 15 is 0 Å². The topological polar surface area (TPSA) is 73.9 Å². The van der Waals surface area contributed by atoms with Gasteiger partial charge in [0.1, 0.15) is 10.6 Å². The SMILES string of the molecule is COC(=O)c1c(-c2ccc(Cl)cc2)csc1NC(=O)/C=C/c1ccc(OC)c(OC)c1. The molecule has 3 rings (SSSR count). The van der Waals surface area contributed by atoms with Crippen molar-refractivity contribution in [1.82, 2.24) is 0 Å². The summed E-state index contributed by atoms with van der Waals surface area (Å²) in [4.78, 5) is 24.9. The molecule has 8 heteroatoms. The van der Waals surface area contributed by atoms with Crippen molar-refractivity contribution in [1.29, 1.82) is 0 Å². The van der Waals surface area contributed by atoms with E-state index in [1.54, 1.807) is 68.1 Å². The maximum atomic E-state index is 12.5. The molecule has 0 aliphatic carbocycles. The van der Waals surface area contributed by atoms with Crippen LogP contribution in [0.1, 0.15) is 15.9 Å².